The molecule has 5 nitrogen and oxygen atoms in total. The lowest BCUT2D eigenvalue weighted by Gasteiger charge is -2.33. The predicted molar refractivity (Wildman–Crippen MR) is 82.2 cm³/mol. The smallest absolute Gasteiger partial charge is 0.226 e. The maximum absolute atomic E-state index is 12.7. The molecule has 5 heteroatoms. The van der Waals surface area contributed by atoms with Gasteiger partial charge in [-0.15, -0.1) is 0 Å². The minimum absolute atomic E-state index is 0.158. The number of hydrogen-bond acceptors (Lipinski definition) is 3. The van der Waals surface area contributed by atoms with Gasteiger partial charge in [0.2, 0.25) is 5.91 Å². The van der Waals surface area contributed by atoms with Gasteiger partial charge in [0.25, 0.3) is 0 Å². The van der Waals surface area contributed by atoms with Crippen molar-refractivity contribution in [3.63, 3.8) is 0 Å². The molecule has 0 N–H and O–H groups in total. The Bertz CT molecular complexity index is 640. The van der Waals surface area contributed by atoms with Crippen LogP contribution in [0.5, 0.6) is 0 Å². The van der Waals surface area contributed by atoms with Crippen molar-refractivity contribution in [2.24, 2.45) is 5.92 Å². The topological polar surface area (TPSA) is 51.0 Å². The Kier molecular flexibility index (Phi) is 3.41. The van der Waals surface area contributed by atoms with Crippen LogP contribution in [-0.2, 0) is 4.79 Å². The van der Waals surface area contributed by atoms with Crippen molar-refractivity contribution in [3.05, 3.63) is 48.8 Å². The molecule has 3 heterocycles. The fourth-order valence-electron chi connectivity index (χ4n) is 3.55. The van der Waals surface area contributed by atoms with Crippen LogP contribution in [-0.4, -0.2) is 38.4 Å². The van der Waals surface area contributed by atoms with Crippen molar-refractivity contribution in [1.29, 1.82) is 0 Å². The minimum atomic E-state index is 0.158. The molecule has 1 aliphatic heterocycles. The van der Waals surface area contributed by atoms with E-state index in [1.54, 1.807) is 12.4 Å². The molecule has 2 aliphatic rings. The number of nitrogens with zero attached hydrogens (tertiary/aromatic N) is 4. The second-order valence-electron chi connectivity index (χ2n) is 6.33. The van der Waals surface area contributed by atoms with Gasteiger partial charge in [0.1, 0.15) is 0 Å². The maximum atomic E-state index is 12.7. The average molecular weight is 296 g/mol. The monoisotopic (exact) mass is 296 g/mol. The Labute approximate surface area is 130 Å². The molecule has 4 rings (SSSR count). The number of hydrogen-bond donors (Lipinski definition) is 0. The first kappa shape index (κ1) is 13.5. The van der Waals surface area contributed by atoms with Crippen LogP contribution in [0.1, 0.15) is 36.8 Å². The summed E-state index contributed by atoms with van der Waals surface area (Å²) in [5.41, 5.74) is 1.20. The van der Waals surface area contributed by atoms with Gasteiger partial charge >= 0.3 is 0 Å². The number of rotatable bonds is 3. The summed E-state index contributed by atoms with van der Waals surface area (Å²) in [6, 6.07) is 4.40. The van der Waals surface area contributed by atoms with Gasteiger partial charge < -0.3 is 9.47 Å². The van der Waals surface area contributed by atoms with E-state index < -0.39 is 0 Å². The van der Waals surface area contributed by atoms with Crippen LogP contribution >= 0.6 is 0 Å². The first-order chi connectivity index (χ1) is 10.8. The van der Waals surface area contributed by atoms with Crippen LogP contribution in [0.15, 0.2) is 43.2 Å². The van der Waals surface area contributed by atoms with Crippen LogP contribution in [0.25, 0.3) is 0 Å². The molecule has 0 spiro atoms. The average Bonchev–Trinajstić information content (AvgIpc) is 3.19. The zero-order chi connectivity index (χ0) is 14.9. The van der Waals surface area contributed by atoms with Crippen molar-refractivity contribution in [2.45, 2.75) is 31.2 Å². The quantitative estimate of drug-likeness (QED) is 0.873. The molecule has 1 amide bonds. The molecule has 1 saturated heterocycles. The second-order valence-corrected chi connectivity index (χ2v) is 6.33. The van der Waals surface area contributed by atoms with Gasteiger partial charge in [-0.25, -0.2) is 4.98 Å². The largest absolute Gasteiger partial charge is 0.340 e. The van der Waals surface area contributed by atoms with Crippen molar-refractivity contribution in [3.8, 4) is 0 Å². The lowest BCUT2D eigenvalue weighted by atomic mass is 10.0. The summed E-state index contributed by atoms with van der Waals surface area (Å²) < 4.78 is 2.13. The first-order valence-corrected chi connectivity index (χ1v) is 7.99. The lowest BCUT2D eigenvalue weighted by Crippen LogP contribution is -2.41. The van der Waals surface area contributed by atoms with Crippen molar-refractivity contribution in [1.82, 2.24) is 19.4 Å². The normalized spacial score (nSPS) is 27.6. The second kappa shape index (κ2) is 5.55. The summed E-state index contributed by atoms with van der Waals surface area (Å²) in [6.07, 6.45) is 12.5. The van der Waals surface area contributed by atoms with Gasteiger partial charge in [-0.2, -0.15) is 0 Å². The molecular formula is C17H20N4O. The predicted octanol–water partition coefficient (Wildman–Crippen LogP) is 2.25. The van der Waals surface area contributed by atoms with E-state index in [0.717, 1.165) is 32.4 Å². The van der Waals surface area contributed by atoms with Crippen LogP contribution in [0.2, 0.25) is 0 Å². The van der Waals surface area contributed by atoms with Gasteiger partial charge in [0.15, 0.2) is 0 Å². The summed E-state index contributed by atoms with van der Waals surface area (Å²) in [5, 5.41) is 0. The summed E-state index contributed by atoms with van der Waals surface area (Å²) >= 11 is 0. The Hall–Kier alpha value is -2.17. The van der Waals surface area contributed by atoms with Crippen LogP contribution in [0.4, 0.5) is 0 Å². The van der Waals surface area contributed by atoms with E-state index in [1.165, 1.54) is 5.56 Å². The number of carbonyl (C=O) groups excluding carboxylic acids is 1. The number of aromatic nitrogens is 3. The summed E-state index contributed by atoms with van der Waals surface area (Å²) in [5.74, 6) is 0.847. The number of piperidine rings is 1. The summed E-state index contributed by atoms with van der Waals surface area (Å²) in [6.45, 7) is 1.70. The number of pyridine rings is 1. The molecule has 114 valence electrons. The number of imidazole rings is 1. The van der Waals surface area contributed by atoms with Crippen molar-refractivity contribution < 1.29 is 4.79 Å². The van der Waals surface area contributed by atoms with Gasteiger partial charge in [0.05, 0.1) is 12.4 Å². The fraction of sp³-hybridized carbons (Fsp3) is 0.471. The number of amides is 1. The van der Waals surface area contributed by atoms with E-state index in [9.17, 15) is 4.79 Å². The Morgan fingerprint density at radius 2 is 2.23 bits per heavy atom. The molecular weight excluding hydrogens is 276 g/mol. The minimum Gasteiger partial charge on any atom is -0.340 e. The van der Waals surface area contributed by atoms with Gasteiger partial charge in [-0.3, -0.25) is 9.78 Å². The maximum Gasteiger partial charge on any atom is 0.226 e. The van der Waals surface area contributed by atoms with Crippen LogP contribution in [0.3, 0.4) is 0 Å². The SMILES string of the molecule is O=C([C@@H]1C[C@@H]1c1cccnc1)N1CCC[C@H](n2ccnc2)C1. The van der Waals surface area contributed by atoms with E-state index in [4.69, 9.17) is 0 Å². The van der Waals surface area contributed by atoms with Crippen LogP contribution in [0, 0.1) is 5.92 Å². The van der Waals surface area contributed by atoms with Crippen molar-refractivity contribution >= 4 is 5.91 Å². The molecule has 1 saturated carbocycles. The van der Waals surface area contributed by atoms with Gasteiger partial charge in [0, 0.05) is 43.8 Å². The molecule has 0 unspecified atom stereocenters. The number of likely N-dealkylation sites (tertiary alicyclic amines) is 1. The molecule has 1 aliphatic carbocycles. The van der Waals surface area contributed by atoms with E-state index in [-0.39, 0.29) is 5.92 Å². The number of carbonyl (C=O) groups is 1. The molecule has 2 aromatic rings. The van der Waals surface area contributed by atoms with E-state index in [2.05, 4.69) is 25.5 Å². The molecule has 22 heavy (non-hydrogen) atoms. The van der Waals surface area contributed by atoms with Gasteiger partial charge in [-0.1, -0.05) is 6.07 Å². The first-order valence-electron chi connectivity index (χ1n) is 7.99. The molecule has 0 aromatic carbocycles. The molecule has 0 radical (unpaired) electrons. The zero-order valence-corrected chi connectivity index (χ0v) is 12.5. The Balaban J connectivity index is 1.41. The summed E-state index contributed by atoms with van der Waals surface area (Å²) in [7, 11) is 0. The summed E-state index contributed by atoms with van der Waals surface area (Å²) in [4.78, 5) is 23.1. The zero-order valence-electron chi connectivity index (χ0n) is 12.5. The van der Waals surface area contributed by atoms with Crippen LogP contribution < -0.4 is 0 Å². The van der Waals surface area contributed by atoms with E-state index in [1.807, 2.05) is 24.8 Å². The third-order valence-electron chi connectivity index (χ3n) is 4.87. The lowest BCUT2D eigenvalue weighted by molar-refractivity contribution is -0.134. The molecule has 2 aromatic heterocycles. The highest BCUT2D eigenvalue weighted by molar-refractivity contribution is 5.83. The third-order valence-corrected chi connectivity index (χ3v) is 4.87. The Morgan fingerprint density at radius 3 is 3.00 bits per heavy atom. The highest BCUT2D eigenvalue weighted by atomic mass is 16.2. The third kappa shape index (κ3) is 2.51. The highest BCUT2D eigenvalue weighted by Crippen LogP contribution is 2.48. The van der Waals surface area contributed by atoms with Gasteiger partial charge in [-0.05, 0) is 36.8 Å². The standard InChI is InChI=1S/C17H20N4O/c22-17(16-9-15(16)13-3-1-5-18-10-13)20-7-2-4-14(11-20)21-8-6-19-12-21/h1,3,5-6,8,10,12,14-16H,2,4,7,9,11H2/t14-,15+,16+/m0/s1. The molecule has 3 atom stereocenters. The van der Waals surface area contributed by atoms with E-state index in [0.29, 0.717) is 17.9 Å². The highest BCUT2D eigenvalue weighted by Gasteiger charge is 2.46. The van der Waals surface area contributed by atoms with E-state index >= 15 is 0 Å². The fourth-order valence-corrected chi connectivity index (χ4v) is 3.55. The van der Waals surface area contributed by atoms with Crippen molar-refractivity contribution in [2.75, 3.05) is 13.1 Å². The Morgan fingerprint density at radius 1 is 1.27 bits per heavy atom. The molecule has 0 bridgehead atoms. The molecule has 2 fully saturated rings.